The van der Waals surface area contributed by atoms with Crippen LogP contribution in [0.4, 0.5) is 0 Å². The molecule has 1 N–H and O–H groups in total. The first-order valence-corrected chi connectivity index (χ1v) is 8.98. The van der Waals surface area contributed by atoms with E-state index in [0.717, 1.165) is 53.0 Å². The molecule has 0 aliphatic heterocycles. The van der Waals surface area contributed by atoms with E-state index in [1.54, 1.807) is 0 Å². The van der Waals surface area contributed by atoms with Gasteiger partial charge in [-0.3, -0.25) is 0 Å². The van der Waals surface area contributed by atoms with E-state index in [1.807, 2.05) is 30.3 Å². The van der Waals surface area contributed by atoms with E-state index in [2.05, 4.69) is 25.1 Å². The first-order chi connectivity index (χ1) is 11.7. The third-order valence-electron chi connectivity index (χ3n) is 4.34. The highest BCUT2D eigenvalue weighted by Gasteiger charge is 2.12. The van der Waals surface area contributed by atoms with E-state index in [-0.39, 0.29) is 0 Å². The second kappa shape index (κ2) is 7.87. The maximum Gasteiger partial charge on any atom is 0.135 e. The first-order valence-electron chi connectivity index (χ1n) is 8.61. The van der Waals surface area contributed by atoms with Crippen molar-refractivity contribution in [2.45, 2.75) is 38.7 Å². The fraction of sp³-hybridized carbons (Fsp3) is 0.333. The molecule has 3 aromatic rings. The second-order valence-corrected chi connectivity index (χ2v) is 6.69. The van der Waals surface area contributed by atoms with Gasteiger partial charge in [-0.1, -0.05) is 68.1 Å². The van der Waals surface area contributed by atoms with Gasteiger partial charge in [-0.15, -0.1) is 0 Å². The molecule has 3 aromatic carbocycles. The lowest BCUT2D eigenvalue weighted by molar-refractivity contribution is 0.0991. The minimum absolute atomic E-state index is 0.305. The number of ether oxygens (including phenoxy) is 1. The molecule has 3 heteroatoms. The van der Waals surface area contributed by atoms with Crippen molar-refractivity contribution in [1.82, 2.24) is 0 Å². The molecule has 1 unspecified atom stereocenters. The van der Waals surface area contributed by atoms with Crippen molar-refractivity contribution in [3.63, 3.8) is 0 Å². The van der Waals surface area contributed by atoms with Crippen molar-refractivity contribution in [3.05, 3.63) is 53.6 Å². The van der Waals surface area contributed by atoms with Crippen LogP contribution in [0.1, 0.15) is 32.6 Å². The Hall–Kier alpha value is -1.77. The topological polar surface area (TPSA) is 29.5 Å². The molecule has 0 aliphatic carbocycles. The lowest BCUT2D eigenvalue weighted by Gasteiger charge is -2.16. The molecule has 0 bridgehead atoms. The average molecular weight is 343 g/mol. The monoisotopic (exact) mass is 342 g/mol. The molecule has 0 spiro atoms. The molecular formula is C21H23ClO2. The number of hydrogen-bond donors (Lipinski definition) is 1. The zero-order valence-corrected chi connectivity index (χ0v) is 14.7. The van der Waals surface area contributed by atoms with Gasteiger partial charge in [0.1, 0.15) is 12.4 Å². The molecule has 2 nitrogen and oxygen atoms in total. The van der Waals surface area contributed by atoms with Gasteiger partial charge >= 0.3 is 0 Å². The van der Waals surface area contributed by atoms with E-state index in [0.29, 0.717) is 11.6 Å². The molecule has 0 fully saturated rings. The number of hydrogen-bond acceptors (Lipinski definition) is 2. The molecule has 24 heavy (non-hydrogen) atoms. The molecule has 0 aliphatic rings. The van der Waals surface area contributed by atoms with Crippen molar-refractivity contribution < 1.29 is 9.84 Å². The van der Waals surface area contributed by atoms with Gasteiger partial charge in [-0.2, -0.15) is 0 Å². The fourth-order valence-corrected chi connectivity index (χ4v) is 3.21. The lowest BCUT2D eigenvalue weighted by Crippen LogP contribution is -2.17. The number of aliphatic hydroxyl groups excluding tert-OH is 1. The number of fused-ring (bicyclic) bond motifs is 2. The predicted molar refractivity (Wildman–Crippen MR) is 102 cm³/mol. The quantitative estimate of drug-likeness (QED) is 0.423. The van der Waals surface area contributed by atoms with Crippen LogP contribution in [0.25, 0.3) is 21.5 Å². The second-order valence-electron chi connectivity index (χ2n) is 6.25. The SMILES string of the molecule is CCCCCC(O)COc1c2ccccc2cc2ccc(Cl)cc12. The zero-order chi connectivity index (χ0) is 16.9. The fourth-order valence-electron chi connectivity index (χ4n) is 3.04. The summed E-state index contributed by atoms with van der Waals surface area (Å²) in [6.45, 7) is 2.47. The van der Waals surface area contributed by atoms with E-state index < -0.39 is 6.10 Å². The van der Waals surface area contributed by atoms with Crippen LogP contribution >= 0.6 is 11.6 Å². The van der Waals surface area contributed by atoms with Gasteiger partial charge in [0.05, 0.1) is 6.10 Å². The summed E-state index contributed by atoms with van der Waals surface area (Å²) in [5.74, 6) is 0.806. The summed E-state index contributed by atoms with van der Waals surface area (Å²) in [6, 6.07) is 16.1. The van der Waals surface area contributed by atoms with Gasteiger partial charge in [0.2, 0.25) is 0 Å². The van der Waals surface area contributed by atoms with Gasteiger partial charge in [0.15, 0.2) is 0 Å². The Labute approximate surface area is 148 Å². The van der Waals surface area contributed by atoms with Crippen LogP contribution in [0.15, 0.2) is 48.5 Å². The summed E-state index contributed by atoms with van der Waals surface area (Å²) in [6.07, 6.45) is 3.66. The van der Waals surface area contributed by atoms with Gasteiger partial charge in [-0.05, 0) is 35.4 Å². The molecular weight excluding hydrogens is 320 g/mol. The number of halogens is 1. The Morgan fingerprint density at radius 3 is 2.62 bits per heavy atom. The summed E-state index contributed by atoms with van der Waals surface area (Å²) < 4.78 is 6.07. The van der Waals surface area contributed by atoms with Gasteiger partial charge < -0.3 is 9.84 Å². The van der Waals surface area contributed by atoms with Crippen LogP contribution < -0.4 is 4.74 Å². The Kier molecular flexibility index (Phi) is 5.60. The molecule has 0 radical (unpaired) electrons. The van der Waals surface area contributed by atoms with Crippen molar-refractivity contribution in [2.75, 3.05) is 6.61 Å². The molecule has 0 heterocycles. The Morgan fingerprint density at radius 2 is 1.79 bits per heavy atom. The maximum absolute atomic E-state index is 10.2. The average Bonchev–Trinajstić information content (AvgIpc) is 2.59. The van der Waals surface area contributed by atoms with E-state index >= 15 is 0 Å². The molecule has 3 rings (SSSR count). The molecule has 0 saturated heterocycles. The van der Waals surface area contributed by atoms with Gasteiger partial charge in [-0.25, -0.2) is 0 Å². The number of rotatable bonds is 7. The zero-order valence-electron chi connectivity index (χ0n) is 14.0. The smallest absolute Gasteiger partial charge is 0.135 e. The molecule has 1 atom stereocenters. The van der Waals surface area contributed by atoms with Crippen molar-refractivity contribution in [3.8, 4) is 5.75 Å². The van der Waals surface area contributed by atoms with Crippen molar-refractivity contribution >= 4 is 33.1 Å². The van der Waals surface area contributed by atoms with Crippen LogP contribution in [-0.2, 0) is 0 Å². The van der Waals surface area contributed by atoms with Crippen LogP contribution in [0.5, 0.6) is 5.75 Å². The van der Waals surface area contributed by atoms with Crippen molar-refractivity contribution in [2.24, 2.45) is 0 Å². The maximum atomic E-state index is 10.2. The normalized spacial score (nSPS) is 12.6. The predicted octanol–water partition coefficient (Wildman–Crippen LogP) is 5.97. The van der Waals surface area contributed by atoms with E-state index in [1.165, 1.54) is 0 Å². The highest BCUT2D eigenvalue weighted by molar-refractivity contribution is 6.31. The minimum atomic E-state index is -0.440. The molecule has 0 aromatic heterocycles. The summed E-state index contributed by atoms with van der Waals surface area (Å²) in [5.41, 5.74) is 0. The Bertz CT molecular complexity index is 829. The molecule has 0 amide bonds. The summed E-state index contributed by atoms with van der Waals surface area (Å²) >= 11 is 6.18. The largest absolute Gasteiger partial charge is 0.490 e. The number of aliphatic hydroxyl groups is 1. The van der Waals surface area contributed by atoms with Crippen LogP contribution in [0.3, 0.4) is 0 Å². The van der Waals surface area contributed by atoms with Gasteiger partial charge in [0.25, 0.3) is 0 Å². The highest BCUT2D eigenvalue weighted by atomic mass is 35.5. The summed E-state index contributed by atoms with van der Waals surface area (Å²) in [7, 11) is 0. The Morgan fingerprint density at radius 1 is 1.00 bits per heavy atom. The first kappa shape index (κ1) is 17.1. The number of benzene rings is 3. The van der Waals surface area contributed by atoms with Crippen LogP contribution in [0.2, 0.25) is 5.02 Å². The molecule has 126 valence electrons. The van der Waals surface area contributed by atoms with Crippen LogP contribution in [0, 0.1) is 0 Å². The van der Waals surface area contributed by atoms with Crippen LogP contribution in [-0.4, -0.2) is 17.8 Å². The lowest BCUT2D eigenvalue weighted by atomic mass is 10.0. The molecule has 0 saturated carbocycles. The summed E-state index contributed by atoms with van der Waals surface area (Å²) in [5, 5.41) is 15.1. The van der Waals surface area contributed by atoms with E-state index in [9.17, 15) is 5.11 Å². The Balaban J connectivity index is 1.92. The minimum Gasteiger partial charge on any atom is -0.490 e. The number of unbranched alkanes of at least 4 members (excludes halogenated alkanes) is 2. The van der Waals surface area contributed by atoms with Gasteiger partial charge in [0, 0.05) is 15.8 Å². The third-order valence-corrected chi connectivity index (χ3v) is 4.57. The standard InChI is InChI=1S/C21H23ClO2/c1-2-3-4-8-18(23)14-24-21-19-9-6-5-7-15(19)12-16-10-11-17(22)13-20(16)21/h5-7,9-13,18,23H,2-4,8,14H2,1H3. The van der Waals surface area contributed by atoms with Crippen molar-refractivity contribution in [1.29, 1.82) is 0 Å². The third kappa shape index (κ3) is 3.82. The van der Waals surface area contributed by atoms with E-state index in [4.69, 9.17) is 16.3 Å². The highest BCUT2D eigenvalue weighted by Crippen LogP contribution is 2.36. The summed E-state index contributed by atoms with van der Waals surface area (Å²) in [4.78, 5) is 0.